The summed E-state index contributed by atoms with van der Waals surface area (Å²) in [6.45, 7) is 2.20. The lowest BCUT2D eigenvalue weighted by atomic mass is 10.1. The zero-order valence-corrected chi connectivity index (χ0v) is 12.3. The number of rotatable bonds is 2. The Morgan fingerprint density at radius 1 is 1.55 bits per heavy atom. The Balaban J connectivity index is 2.01. The van der Waals surface area contributed by atoms with E-state index in [0.29, 0.717) is 16.7 Å². The van der Waals surface area contributed by atoms with Crippen LogP contribution in [0.2, 0.25) is 5.02 Å². The predicted octanol–water partition coefficient (Wildman–Crippen LogP) is 2.10. The Labute approximate surface area is 124 Å². The topological polar surface area (TPSA) is 76.3 Å². The number of aryl methyl sites for hydroxylation is 1. The maximum absolute atomic E-state index is 12.0. The van der Waals surface area contributed by atoms with Gasteiger partial charge in [-0.2, -0.15) is 0 Å². The number of amides is 2. The highest BCUT2D eigenvalue weighted by molar-refractivity contribution is 7.22. The third-order valence-corrected chi connectivity index (χ3v) is 4.95. The zero-order chi connectivity index (χ0) is 14.4. The molecule has 7 heteroatoms. The second-order valence-electron chi connectivity index (χ2n) is 4.82. The Morgan fingerprint density at radius 3 is 2.95 bits per heavy atom. The number of benzene rings is 1. The Bertz CT molecular complexity index is 728. The van der Waals surface area contributed by atoms with Crippen LogP contribution in [0.4, 0.5) is 5.13 Å². The molecule has 1 unspecified atom stereocenters. The van der Waals surface area contributed by atoms with Crippen molar-refractivity contribution in [3.05, 3.63) is 22.7 Å². The van der Waals surface area contributed by atoms with Gasteiger partial charge in [0.25, 0.3) is 0 Å². The van der Waals surface area contributed by atoms with E-state index in [1.807, 2.05) is 19.1 Å². The van der Waals surface area contributed by atoms with Crippen LogP contribution in [0, 0.1) is 12.8 Å². The largest absolute Gasteiger partial charge is 0.369 e. The van der Waals surface area contributed by atoms with Gasteiger partial charge in [-0.05, 0) is 24.6 Å². The molecule has 1 aromatic carbocycles. The van der Waals surface area contributed by atoms with Crippen LogP contribution in [0.5, 0.6) is 0 Å². The molecule has 1 saturated heterocycles. The van der Waals surface area contributed by atoms with Gasteiger partial charge < -0.3 is 5.73 Å². The fourth-order valence-corrected chi connectivity index (χ4v) is 3.49. The molecule has 2 aromatic rings. The molecule has 0 radical (unpaired) electrons. The summed E-state index contributed by atoms with van der Waals surface area (Å²) in [6.07, 6.45) is 0.158. The number of anilines is 1. The monoisotopic (exact) mass is 309 g/mol. The molecule has 1 fully saturated rings. The van der Waals surface area contributed by atoms with Crippen LogP contribution in [0.1, 0.15) is 12.0 Å². The van der Waals surface area contributed by atoms with Crippen molar-refractivity contribution in [2.75, 3.05) is 11.4 Å². The fraction of sp³-hybridized carbons (Fsp3) is 0.308. The molecule has 2 heterocycles. The molecule has 1 aliphatic heterocycles. The van der Waals surface area contributed by atoms with E-state index in [-0.39, 0.29) is 12.3 Å². The highest BCUT2D eigenvalue weighted by atomic mass is 35.5. The van der Waals surface area contributed by atoms with Crippen molar-refractivity contribution in [2.24, 2.45) is 11.7 Å². The van der Waals surface area contributed by atoms with Gasteiger partial charge >= 0.3 is 0 Å². The molecule has 0 aliphatic carbocycles. The quantitative estimate of drug-likeness (QED) is 0.923. The van der Waals surface area contributed by atoms with Crippen LogP contribution in [0.15, 0.2) is 12.1 Å². The number of primary amides is 1. The standard InChI is InChI=1S/C13H12ClN3O2S/c1-6-8(14)2-3-9-11(6)16-13(20-9)17-5-7(12(15)19)4-10(17)18/h2-3,7H,4-5H2,1H3,(H2,15,19). The van der Waals surface area contributed by atoms with Crippen LogP contribution in [-0.2, 0) is 9.59 Å². The number of fused-ring (bicyclic) bond motifs is 1. The average Bonchev–Trinajstić information content (AvgIpc) is 2.97. The minimum atomic E-state index is -0.443. The first-order chi connectivity index (χ1) is 9.47. The van der Waals surface area contributed by atoms with Gasteiger partial charge in [0.15, 0.2) is 5.13 Å². The lowest BCUT2D eigenvalue weighted by molar-refractivity contribution is -0.123. The lowest BCUT2D eigenvalue weighted by Crippen LogP contribution is -2.28. The number of carbonyl (C=O) groups is 2. The third kappa shape index (κ3) is 2.05. The molecule has 20 heavy (non-hydrogen) atoms. The van der Waals surface area contributed by atoms with E-state index in [0.717, 1.165) is 15.8 Å². The van der Waals surface area contributed by atoms with E-state index < -0.39 is 11.8 Å². The van der Waals surface area contributed by atoms with Crippen LogP contribution in [-0.4, -0.2) is 23.3 Å². The first-order valence-corrected chi connectivity index (χ1v) is 7.32. The molecule has 2 amide bonds. The lowest BCUT2D eigenvalue weighted by Gasteiger charge is -2.11. The zero-order valence-electron chi connectivity index (χ0n) is 10.7. The minimum Gasteiger partial charge on any atom is -0.369 e. The predicted molar refractivity (Wildman–Crippen MR) is 79.0 cm³/mol. The molecule has 0 spiro atoms. The van der Waals surface area contributed by atoms with Crippen LogP contribution in [0.3, 0.4) is 0 Å². The van der Waals surface area contributed by atoms with Crippen LogP contribution < -0.4 is 10.6 Å². The van der Waals surface area contributed by atoms with E-state index in [1.165, 1.54) is 16.2 Å². The summed E-state index contributed by atoms with van der Waals surface area (Å²) < 4.78 is 0.970. The second-order valence-corrected chi connectivity index (χ2v) is 6.24. The van der Waals surface area contributed by atoms with Crippen molar-refractivity contribution in [3.63, 3.8) is 0 Å². The van der Waals surface area contributed by atoms with E-state index in [1.54, 1.807) is 0 Å². The third-order valence-electron chi connectivity index (χ3n) is 3.49. The summed E-state index contributed by atoms with van der Waals surface area (Å²) in [4.78, 5) is 29.2. The minimum absolute atomic E-state index is 0.114. The number of aromatic nitrogens is 1. The maximum Gasteiger partial charge on any atom is 0.229 e. The maximum atomic E-state index is 12.0. The van der Waals surface area contributed by atoms with E-state index in [2.05, 4.69) is 4.98 Å². The van der Waals surface area contributed by atoms with Gasteiger partial charge in [-0.1, -0.05) is 22.9 Å². The highest BCUT2D eigenvalue weighted by Crippen LogP contribution is 2.35. The number of hydrogen-bond acceptors (Lipinski definition) is 4. The summed E-state index contributed by atoms with van der Waals surface area (Å²) >= 11 is 7.49. The average molecular weight is 310 g/mol. The van der Waals surface area contributed by atoms with Gasteiger partial charge in [-0.25, -0.2) is 4.98 Å². The van der Waals surface area contributed by atoms with E-state index in [9.17, 15) is 9.59 Å². The Morgan fingerprint density at radius 2 is 2.30 bits per heavy atom. The smallest absolute Gasteiger partial charge is 0.229 e. The number of thiazole rings is 1. The molecule has 1 aliphatic rings. The number of nitrogens with zero attached hydrogens (tertiary/aromatic N) is 2. The van der Waals surface area contributed by atoms with Gasteiger partial charge in [-0.15, -0.1) is 0 Å². The first-order valence-electron chi connectivity index (χ1n) is 6.12. The summed E-state index contributed by atoms with van der Waals surface area (Å²) in [5.74, 6) is -0.989. The number of halogens is 1. The normalized spacial score (nSPS) is 19.0. The van der Waals surface area contributed by atoms with Crippen molar-refractivity contribution in [2.45, 2.75) is 13.3 Å². The van der Waals surface area contributed by atoms with E-state index in [4.69, 9.17) is 17.3 Å². The SMILES string of the molecule is Cc1c(Cl)ccc2sc(N3CC(C(N)=O)CC3=O)nc12. The molecule has 3 rings (SSSR count). The molecule has 1 aromatic heterocycles. The molecular weight excluding hydrogens is 298 g/mol. The molecule has 0 saturated carbocycles. The fourth-order valence-electron chi connectivity index (χ4n) is 2.29. The van der Waals surface area contributed by atoms with Gasteiger partial charge in [-0.3, -0.25) is 14.5 Å². The van der Waals surface area contributed by atoms with Gasteiger partial charge in [0.05, 0.1) is 16.1 Å². The van der Waals surface area contributed by atoms with Gasteiger partial charge in [0, 0.05) is 18.0 Å². The number of hydrogen-bond donors (Lipinski definition) is 1. The van der Waals surface area contributed by atoms with Crippen molar-refractivity contribution in [1.29, 1.82) is 0 Å². The first kappa shape index (κ1) is 13.3. The van der Waals surface area contributed by atoms with E-state index >= 15 is 0 Å². The molecular formula is C13H12ClN3O2S. The number of carbonyl (C=O) groups excluding carboxylic acids is 2. The summed E-state index contributed by atoms with van der Waals surface area (Å²) in [7, 11) is 0. The van der Waals surface area contributed by atoms with Gasteiger partial charge in [0.1, 0.15) is 0 Å². The van der Waals surface area contributed by atoms with Gasteiger partial charge in [0.2, 0.25) is 11.8 Å². The van der Waals surface area contributed by atoms with Crippen molar-refractivity contribution in [3.8, 4) is 0 Å². The molecule has 104 valence electrons. The van der Waals surface area contributed by atoms with Crippen LogP contribution in [0.25, 0.3) is 10.2 Å². The number of nitrogens with two attached hydrogens (primary N) is 1. The highest BCUT2D eigenvalue weighted by Gasteiger charge is 2.35. The summed E-state index contributed by atoms with van der Waals surface area (Å²) in [5, 5.41) is 1.25. The second kappa shape index (κ2) is 4.71. The molecule has 5 nitrogen and oxygen atoms in total. The van der Waals surface area contributed by atoms with Crippen LogP contribution >= 0.6 is 22.9 Å². The molecule has 2 N–H and O–H groups in total. The van der Waals surface area contributed by atoms with Crippen molar-refractivity contribution < 1.29 is 9.59 Å². The Hall–Kier alpha value is -1.66. The summed E-state index contributed by atoms with van der Waals surface area (Å²) in [5.41, 5.74) is 6.96. The molecule has 0 bridgehead atoms. The Kier molecular flexibility index (Phi) is 3.14. The van der Waals surface area contributed by atoms with Crippen molar-refractivity contribution >= 4 is 50.1 Å². The summed E-state index contributed by atoms with van der Waals surface area (Å²) in [6, 6.07) is 3.71. The molecule has 1 atom stereocenters. The van der Waals surface area contributed by atoms with Crippen molar-refractivity contribution in [1.82, 2.24) is 4.98 Å².